The van der Waals surface area contributed by atoms with Gasteiger partial charge >= 0.3 is 0 Å². The van der Waals surface area contributed by atoms with Gasteiger partial charge in [-0.15, -0.1) is 0 Å². The molecule has 2 fully saturated rings. The van der Waals surface area contributed by atoms with Crippen LogP contribution in [-0.4, -0.2) is 24.8 Å². The number of ether oxygens (including phenoxy) is 1. The molecule has 0 amide bonds. The van der Waals surface area contributed by atoms with Gasteiger partial charge in [0.2, 0.25) is 0 Å². The Hall–Kier alpha value is -0.0800. The van der Waals surface area contributed by atoms with E-state index in [0.29, 0.717) is 6.10 Å². The smallest absolute Gasteiger partial charge is 0.0576 e. The molecule has 1 heterocycles. The third kappa shape index (κ3) is 4.26. The minimum atomic E-state index is 0.273. The Kier molecular flexibility index (Phi) is 4.48. The zero-order chi connectivity index (χ0) is 12.3. The lowest BCUT2D eigenvalue weighted by molar-refractivity contribution is 0.0780. The monoisotopic (exact) mass is 239 g/mol. The average Bonchev–Trinajstić information content (AvgIpc) is 2.67. The minimum Gasteiger partial charge on any atom is -0.378 e. The molecule has 1 N–H and O–H groups in total. The number of hydrogen-bond donors (Lipinski definition) is 1. The van der Waals surface area contributed by atoms with Crippen molar-refractivity contribution in [1.82, 2.24) is 5.32 Å². The van der Waals surface area contributed by atoms with E-state index in [4.69, 9.17) is 4.74 Å². The molecule has 3 atom stereocenters. The lowest BCUT2D eigenvalue weighted by atomic mass is 9.71. The minimum absolute atomic E-state index is 0.273. The van der Waals surface area contributed by atoms with E-state index < -0.39 is 0 Å². The number of rotatable bonds is 5. The molecule has 1 aliphatic carbocycles. The van der Waals surface area contributed by atoms with Crippen molar-refractivity contribution >= 4 is 0 Å². The van der Waals surface area contributed by atoms with Crippen molar-refractivity contribution in [3.8, 4) is 0 Å². The SMILES string of the molecule is CC(C)(C)NCC1CCC1CCC1CCCO1. The van der Waals surface area contributed by atoms with Crippen molar-refractivity contribution in [3.63, 3.8) is 0 Å². The molecule has 0 aromatic rings. The fraction of sp³-hybridized carbons (Fsp3) is 1.00. The van der Waals surface area contributed by atoms with Crippen LogP contribution in [0.3, 0.4) is 0 Å². The van der Waals surface area contributed by atoms with Crippen LogP contribution in [0.4, 0.5) is 0 Å². The van der Waals surface area contributed by atoms with Crippen molar-refractivity contribution in [3.05, 3.63) is 0 Å². The van der Waals surface area contributed by atoms with Crippen molar-refractivity contribution in [2.24, 2.45) is 11.8 Å². The van der Waals surface area contributed by atoms with Crippen LogP contribution in [0.2, 0.25) is 0 Å². The summed E-state index contributed by atoms with van der Waals surface area (Å²) in [6, 6.07) is 0. The fourth-order valence-corrected chi connectivity index (χ4v) is 3.00. The van der Waals surface area contributed by atoms with E-state index in [0.717, 1.165) is 18.4 Å². The second-order valence-electron chi connectivity index (χ2n) is 6.94. The molecule has 0 spiro atoms. The van der Waals surface area contributed by atoms with Gasteiger partial charge in [-0.25, -0.2) is 0 Å². The highest BCUT2D eigenvalue weighted by Crippen LogP contribution is 2.38. The zero-order valence-corrected chi connectivity index (χ0v) is 11.8. The molecule has 0 bridgehead atoms. The average molecular weight is 239 g/mol. The lowest BCUT2D eigenvalue weighted by Crippen LogP contribution is -2.43. The summed E-state index contributed by atoms with van der Waals surface area (Å²) in [5.74, 6) is 1.89. The van der Waals surface area contributed by atoms with E-state index in [1.165, 1.54) is 45.1 Å². The van der Waals surface area contributed by atoms with Gasteiger partial charge in [0, 0.05) is 12.1 Å². The maximum Gasteiger partial charge on any atom is 0.0576 e. The van der Waals surface area contributed by atoms with Crippen LogP contribution in [0.1, 0.15) is 59.3 Å². The normalized spacial score (nSPS) is 33.7. The second-order valence-corrected chi connectivity index (χ2v) is 6.94. The number of hydrogen-bond acceptors (Lipinski definition) is 2. The highest BCUT2D eigenvalue weighted by molar-refractivity contribution is 4.85. The van der Waals surface area contributed by atoms with E-state index in [9.17, 15) is 0 Å². The molecule has 2 aliphatic rings. The van der Waals surface area contributed by atoms with E-state index >= 15 is 0 Å². The first kappa shape index (κ1) is 13.4. The molecule has 2 heteroatoms. The predicted octanol–water partition coefficient (Wildman–Crippen LogP) is 3.36. The summed E-state index contributed by atoms with van der Waals surface area (Å²) in [7, 11) is 0. The third-order valence-electron chi connectivity index (χ3n) is 4.35. The molecule has 2 rings (SSSR count). The molecule has 1 saturated carbocycles. The fourth-order valence-electron chi connectivity index (χ4n) is 3.00. The highest BCUT2D eigenvalue weighted by atomic mass is 16.5. The standard InChI is InChI=1S/C15H29NO/c1-15(2,3)16-11-13-7-6-12(13)8-9-14-5-4-10-17-14/h12-14,16H,4-11H2,1-3H3. The van der Waals surface area contributed by atoms with Gasteiger partial charge in [-0.3, -0.25) is 0 Å². The molecule has 0 radical (unpaired) electrons. The van der Waals surface area contributed by atoms with Gasteiger partial charge in [0.15, 0.2) is 0 Å². The molecule has 2 nitrogen and oxygen atoms in total. The quantitative estimate of drug-likeness (QED) is 0.794. The molecule has 0 aromatic heterocycles. The molecule has 17 heavy (non-hydrogen) atoms. The molecular weight excluding hydrogens is 210 g/mol. The molecule has 1 aliphatic heterocycles. The Balaban J connectivity index is 1.61. The largest absolute Gasteiger partial charge is 0.378 e. The maximum absolute atomic E-state index is 5.71. The van der Waals surface area contributed by atoms with Gasteiger partial charge in [-0.2, -0.15) is 0 Å². The van der Waals surface area contributed by atoms with Crippen LogP contribution in [0.25, 0.3) is 0 Å². The highest BCUT2D eigenvalue weighted by Gasteiger charge is 2.31. The van der Waals surface area contributed by atoms with Crippen LogP contribution < -0.4 is 5.32 Å². The summed E-state index contributed by atoms with van der Waals surface area (Å²) in [6.45, 7) is 8.98. The first-order valence-corrected chi connectivity index (χ1v) is 7.41. The number of nitrogens with one attached hydrogen (secondary N) is 1. The molecule has 3 unspecified atom stereocenters. The molecule has 0 aromatic carbocycles. The predicted molar refractivity (Wildman–Crippen MR) is 72.2 cm³/mol. The first-order valence-electron chi connectivity index (χ1n) is 7.41. The van der Waals surface area contributed by atoms with Crippen LogP contribution in [-0.2, 0) is 4.74 Å². The zero-order valence-electron chi connectivity index (χ0n) is 11.8. The van der Waals surface area contributed by atoms with Crippen LogP contribution in [0, 0.1) is 11.8 Å². The lowest BCUT2D eigenvalue weighted by Gasteiger charge is -2.39. The van der Waals surface area contributed by atoms with Gasteiger partial charge in [-0.05, 0) is 77.7 Å². The summed E-state index contributed by atoms with van der Waals surface area (Å²) < 4.78 is 5.71. The third-order valence-corrected chi connectivity index (χ3v) is 4.35. The van der Waals surface area contributed by atoms with Crippen molar-refractivity contribution in [2.75, 3.05) is 13.2 Å². The molecular formula is C15H29NO. The summed E-state index contributed by atoms with van der Waals surface area (Å²) in [6.07, 6.45) is 8.74. The summed E-state index contributed by atoms with van der Waals surface area (Å²) in [5.41, 5.74) is 0.273. The van der Waals surface area contributed by atoms with E-state index in [1.807, 2.05) is 0 Å². The Labute approximate surface area is 107 Å². The summed E-state index contributed by atoms with van der Waals surface area (Å²) in [5, 5.41) is 3.65. The van der Waals surface area contributed by atoms with Gasteiger partial charge in [0.25, 0.3) is 0 Å². The van der Waals surface area contributed by atoms with Gasteiger partial charge in [-0.1, -0.05) is 0 Å². The van der Waals surface area contributed by atoms with Gasteiger partial charge in [0.05, 0.1) is 6.10 Å². The van der Waals surface area contributed by atoms with Crippen molar-refractivity contribution < 1.29 is 4.74 Å². The van der Waals surface area contributed by atoms with Gasteiger partial charge in [0.1, 0.15) is 0 Å². The van der Waals surface area contributed by atoms with Crippen LogP contribution in [0.5, 0.6) is 0 Å². The van der Waals surface area contributed by atoms with Crippen molar-refractivity contribution in [1.29, 1.82) is 0 Å². The Morgan fingerprint density at radius 3 is 2.35 bits per heavy atom. The molecule has 1 saturated heterocycles. The van der Waals surface area contributed by atoms with Crippen molar-refractivity contribution in [2.45, 2.75) is 70.9 Å². The Morgan fingerprint density at radius 1 is 1.06 bits per heavy atom. The Bertz CT molecular complexity index is 228. The first-order chi connectivity index (χ1) is 8.04. The maximum atomic E-state index is 5.71. The van der Waals surface area contributed by atoms with E-state index in [1.54, 1.807) is 0 Å². The van der Waals surface area contributed by atoms with Crippen LogP contribution >= 0.6 is 0 Å². The Morgan fingerprint density at radius 2 is 1.82 bits per heavy atom. The summed E-state index contributed by atoms with van der Waals surface area (Å²) >= 11 is 0. The second kappa shape index (κ2) is 5.71. The van der Waals surface area contributed by atoms with Crippen LogP contribution in [0.15, 0.2) is 0 Å². The topological polar surface area (TPSA) is 21.3 Å². The van der Waals surface area contributed by atoms with E-state index in [-0.39, 0.29) is 5.54 Å². The van der Waals surface area contributed by atoms with Gasteiger partial charge < -0.3 is 10.1 Å². The summed E-state index contributed by atoms with van der Waals surface area (Å²) in [4.78, 5) is 0. The molecule has 100 valence electrons. The van der Waals surface area contributed by atoms with E-state index in [2.05, 4.69) is 26.1 Å².